The highest BCUT2D eigenvalue weighted by atomic mass is 16.5. The molecule has 0 aliphatic heterocycles. The molecular weight excluding hydrogens is 218 g/mol. The molecule has 1 rings (SSSR count). The van der Waals surface area contributed by atoms with Crippen LogP contribution in [0, 0.1) is 6.92 Å². The summed E-state index contributed by atoms with van der Waals surface area (Å²) in [7, 11) is 0. The topological polar surface area (TPSA) is 58.6 Å². The molecule has 1 amide bonds. The van der Waals surface area contributed by atoms with E-state index in [2.05, 4.69) is 5.32 Å². The van der Waals surface area contributed by atoms with E-state index < -0.39 is 12.2 Å². The van der Waals surface area contributed by atoms with Crippen molar-refractivity contribution in [2.24, 2.45) is 0 Å². The number of carbonyl (C=O) groups is 1. The normalized spacial score (nSPS) is 13.9. The molecule has 0 radical (unpaired) electrons. The van der Waals surface area contributed by atoms with E-state index in [9.17, 15) is 4.79 Å². The number of hydrogen-bond donors (Lipinski definition) is 2. The van der Waals surface area contributed by atoms with E-state index in [0.29, 0.717) is 5.75 Å². The first-order chi connectivity index (χ1) is 7.99. The molecule has 0 bridgehead atoms. The number of aliphatic hydroxyl groups excluding tert-OH is 1. The van der Waals surface area contributed by atoms with Crippen LogP contribution in [0.4, 0.5) is 0 Å². The third-order valence-electron chi connectivity index (χ3n) is 2.27. The van der Waals surface area contributed by atoms with Gasteiger partial charge >= 0.3 is 0 Å². The summed E-state index contributed by atoms with van der Waals surface area (Å²) >= 11 is 0. The number of aliphatic hydroxyl groups is 1. The van der Waals surface area contributed by atoms with Gasteiger partial charge in [0.25, 0.3) is 5.91 Å². The van der Waals surface area contributed by atoms with Gasteiger partial charge in [0.1, 0.15) is 5.75 Å². The van der Waals surface area contributed by atoms with Gasteiger partial charge in [-0.25, -0.2) is 0 Å². The summed E-state index contributed by atoms with van der Waals surface area (Å²) in [5.41, 5.74) is 1.14. The monoisotopic (exact) mass is 237 g/mol. The van der Waals surface area contributed by atoms with Crippen LogP contribution in [0.2, 0.25) is 0 Å². The van der Waals surface area contributed by atoms with E-state index in [0.717, 1.165) is 5.56 Å². The lowest BCUT2D eigenvalue weighted by atomic mass is 10.2. The summed E-state index contributed by atoms with van der Waals surface area (Å²) in [6.07, 6.45) is -1.12. The molecule has 0 spiro atoms. The van der Waals surface area contributed by atoms with Crippen molar-refractivity contribution in [3.05, 3.63) is 29.8 Å². The van der Waals surface area contributed by atoms with Crippen LogP contribution >= 0.6 is 0 Å². The molecule has 1 aromatic rings. The maximum Gasteiger partial charge on any atom is 0.260 e. The van der Waals surface area contributed by atoms with Crippen LogP contribution in [-0.4, -0.2) is 29.8 Å². The number of hydrogen-bond acceptors (Lipinski definition) is 3. The summed E-state index contributed by atoms with van der Waals surface area (Å²) in [4.78, 5) is 11.6. The first-order valence-electron chi connectivity index (χ1n) is 5.68. The first-order valence-corrected chi connectivity index (χ1v) is 5.68. The van der Waals surface area contributed by atoms with Gasteiger partial charge in [0.15, 0.2) is 6.10 Å². The average Bonchev–Trinajstić information content (AvgIpc) is 2.28. The molecule has 0 fully saturated rings. The molecule has 0 saturated heterocycles. The molecule has 17 heavy (non-hydrogen) atoms. The average molecular weight is 237 g/mol. The van der Waals surface area contributed by atoms with Crippen LogP contribution in [0.15, 0.2) is 24.3 Å². The van der Waals surface area contributed by atoms with Crippen molar-refractivity contribution in [3.63, 3.8) is 0 Å². The number of carbonyl (C=O) groups excluding carboxylic acids is 1. The first kappa shape index (κ1) is 13.5. The zero-order chi connectivity index (χ0) is 12.8. The van der Waals surface area contributed by atoms with Gasteiger partial charge in [-0.05, 0) is 32.9 Å². The summed E-state index contributed by atoms with van der Waals surface area (Å²) in [5.74, 6) is 0.432. The molecule has 94 valence electrons. The molecule has 0 aliphatic carbocycles. The van der Waals surface area contributed by atoms with Crippen molar-refractivity contribution in [3.8, 4) is 5.75 Å². The molecular formula is C13H19NO3. The highest BCUT2D eigenvalue weighted by Gasteiger charge is 2.14. The molecule has 0 aliphatic rings. The lowest BCUT2D eigenvalue weighted by Crippen LogP contribution is -2.39. The number of ether oxygens (including phenoxy) is 1. The molecule has 4 heteroatoms. The van der Waals surface area contributed by atoms with Gasteiger partial charge in [0.2, 0.25) is 0 Å². The number of aryl methyl sites for hydroxylation is 1. The number of nitrogens with one attached hydrogen (secondary N) is 1. The lowest BCUT2D eigenvalue weighted by molar-refractivity contribution is -0.127. The molecule has 0 heterocycles. The standard InChI is InChI=1S/C13H19NO3/c1-9-4-6-12(7-5-9)17-11(3)13(16)14-8-10(2)15/h4-7,10-11,15H,8H2,1-3H3,(H,14,16)/t10-,11?/m1/s1. The molecule has 0 aromatic heterocycles. The highest BCUT2D eigenvalue weighted by molar-refractivity contribution is 5.80. The molecule has 4 nitrogen and oxygen atoms in total. The van der Waals surface area contributed by atoms with E-state index in [1.807, 2.05) is 31.2 Å². The fourth-order valence-corrected chi connectivity index (χ4v) is 1.27. The number of rotatable bonds is 5. The fourth-order valence-electron chi connectivity index (χ4n) is 1.27. The second-order valence-electron chi connectivity index (χ2n) is 4.17. The fraction of sp³-hybridized carbons (Fsp3) is 0.462. The Morgan fingerprint density at radius 1 is 1.35 bits per heavy atom. The zero-order valence-electron chi connectivity index (χ0n) is 10.4. The Balaban J connectivity index is 2.45. The van der Waals surface area contributed by atoms with Crippen molar-refractivity contribution in [1.82, 2.24) is 5.32 Å². The Morgan fingerprint density at radius 2 is 1.94 bits per heavy atom. The highest BCUT2D eigenvalue weighted by Crippen LogP contribution is 2.13. The van der Waals surface area contributed by atoms with Crippen LogP contribution in [0.5, 0.6) is 5.75 Å². The summed E-state index contributed by atoms with van der Waals surface area (Å²) in [6.45, 7) is 5.52. The van der Waals surface area contributed by atoms with Gasteiger partial charge in [-0.2, -0.15) is 0 Å². The Morgan fingerprint density at radius 3 is 2.47 bits per heavy atom. The minimum Gasteiger partial charge on any atom is -0.481 e. The van der Waals surface area contributed by atoms with Gasteiger partial charge in [-0.3, -0.25) is 4.79 Å². The van der Waals surface area contributed by atoms with Crippen molar-refractivity contribution in [2.45, 2.75) is 33.0 Å². The molecule has 1 unspecified atom stereocenters. The van der Waals surface area contributed by atoms with Crippen LogP contribution in [-0.2, 0) is 4.79 Å². The maximum atomic E-state index is 11.6. The van der Waals surface area contributed by atoms with E-state index in [1.54, 1.807) is 13.8 Å². The van der Waals surface area contributed by atoms with Crippen LogP contribution in [0.25, 0.3) is 0 Å². The van der Waals surface area contributed by atoms with E-state index in [-0.39, 0.29) is 12.5 Å². The quantitative estimate of drug-likeness (QED) is 0.810. The second kappa shape index (κ2) is 6.25. The van der Waals surface area contributed by atoms with E-state index in [4.69, 9.17) is 9.84 Å². The molecule has 2 atom stereocenters. The van der Waals surface area contributed by atoms with Gasteiger partial charge < -0.3 is 15.2 Å². The second-order valence-corrected chi connectivity index (χ2v) is 4.17. The van der Waals surface area contributed by atoms with E-state index >= 15 is 0 Å². The number of amides is 1. The van der Waals surface area contributed by atoms with Crippen LogP contribution < -0.4 is 10.1 Å². The van der Waals surface area contributed by atoms with Crippen LogP contribution in [0.1, 0.15) is 19.4 Å². The maximum absolute atomic E-state index is 11.6. The summed E-state index contributed by atoms with van der Waals surface area (Å²) in [6, 6.07) is 7.51. The third-order valence-corrected chi connectivity index (χ3v) is 2.27. The Bertz CT molecular complexity index is 359. The molecule has 1 aromatic carbocycles. The predicted octanol–water partition coefficient (Wildman–Crippen LogP) is 1.26. The Hall–Kier alpha value is -1.55. The van der Waals surface area contributed by atoms with Gasteiger partial charge in [0.05, 0.1) is 6.10 Å². The largest absolute Gasteiger partial charge is 0.481 e. The number of benzene rings is 1. The minimum absolute atomic E-state index is 0.230. The Labute approximate surface area is 102 Å². The third kappa shape index (κ3) is 4.87. The van der Waals surface area contributed by atoms with Crippen molar-refractivity contribution in [2.75, 3.05) is 6.54 Å². The SMILES string of the molecule is Cc1ccc(OC(C)C(=O)NC[C@@H](C)O)cc1. The molecule has 2 N–H and O–H groups in total. The van der Waals surface area contributed by atoms with Crippen LogP contribution in [0.3, 0.4) is 0 Å². The Kier molecular flexibility index (Phi) is 4.97. The van der Waals surface area contributed by atoms with E-state index in [1.165, 1.54) is 0 Å². The van der Waals surface area contributed by atoms with Gasteiger partial charge in [-0.15, -0.1) is 0 Å². The van der Waals surface area contributed by atoms with Crippen molar-refractivity contribution < 1.29 is 14.6 Å². The zero-order valence-corrected chi connectivity index (χ0v) is 10.4. The lowest BCUT2D eigenvalue weighted by Gasteiger charge is -2.15. The minimum atomic E-state index is -0.573. The summed E-state index contributed by atoms with van der Waals surface area (Å²) < 4.78 is 5.47. The van der Waals surface area contributed by atoms with Crippen molar-refractivity contribution >= 4 is 5.91 Å². The van der Waals surface area contributed by atoms with Crippen molar-refractivity contribution in [1.29, 1.82) is 0 Å². The molecule has 0 saturated carbocycles. The predicted molar refractivity (Wildman–Crippen MR) is 66.0 cm³/mol. The smallest absolute Gasteiger partial charge is 0.260 e. The summed E-state index contributed by atoms with van der Waals surface area (Å²) in [5, 5.41) is 11.6. The van der Waals surface area contributed by atoms with Gasteiger partial charge in [-0.1, -0.05) is 17.7 Å². The van der Waals surface area contributed by atoms with Gasteiger partial charge in [0, 0.05) is 6.54 Å².